The van der Waals surface area contributed by atoms with Crippen LogP contribution in [-0.4, -0.2) is 11.1 Å². The Balaban J connectivity index is 2.05. The first-order valence-corrected chi connectivity index (χ1v) is 6.40. The molecule has 0 saturated carbocycles. The largest absolute Gasteiger partial charge is 0.478 e. The van der Waals surface area contributed by atoms with E-state index in [4.69, 9.17) is 5.11 Å². The van der Waals surface area contributed by atoms with Crippen molar-refractivity contribution in [1.29, 1.82) is 0 Å². The maximum atomic E-state index is 10.9. The van der Waals surface area contributed by atoms with Crippen LogP contribution in [0.2, 0.25) is 0 Å². The van der Waals surface area contributed by atoms with Gasteiger partial charge in [0.1, 0.15) is 0 Å². The highest BCUT2D eigenvalue weighted by Crippen LogP contribution is 2.19. The number of thiophene rings is 2. The van der Waals surface area contributed by atoms with Gasteiger partial charge in [-0.1, -0.05) is 6.07 Å². The minimum Gasteiger partial charge on any atom is -0.478 e. The quantitative estimate of drug-likeness (QED) is 0.887. The van der Waals surface area contributed by atoms with Crippen LogP contribution in [0, 0.1) is 0 Å². The summed E-state index contributed by atoms with van der Waals surface area (Å²) in [7, 11) is 0. The molecule has 0 fully saturated rings. The first-order valence-electron chi connectivity index (χ1n) is 4.58. The summed E-state index contributed by atoms with van der Waals surface area (Å²) in [6, 6.07) is 4.10. The normalized spacial score (nSPS) is 10.4. The molecular formula is C11H10O2S2. The molecule has 1 N–H and O–H groups in total. The van der Waals surface area contributed by atoms with Gasteiger partial charge in [0.05, 0.1) is 5.56 Å². The average Bonchev–Trinajstić information content (AvgIpc) is 2.86. The number of carboxylic acids is 1. The molecule has 0 amide bonds. The summed E-state index contributed by atoms with van der Waals surface area (Å²) in [6.07, 6.45) is 1.74. The molecule has 2 aromatic rings. The highest BCUT2D eigenvalue weighted by Gasteiger charge is 2.10. The minimum absolute atomic E-state index is 0.455. The third-order valence-corrected chi connectivity index (χ3v) is 3.92. The predicted molar refractivity (Wildman–Crippen MR) is 63.0 cm³/mol. The van der Waals surface area contributed by atoms with Crippen molar-refractivity contribution < 1.29 is 9.90 Å². The van der Waals surface area contributed by atoms with Crippen LogP contribution in [0.15, 0.2) is 28.3 Å². The maximum absolute atomic E-state index is 10.9. The molecular weight excluding hydrogens is 228 g/mol. The Hall–Kier alpha value is -1.13. The molecule has 0 spiro atoms. The molecule has 0 radical (unpaired) electrons. The lowest BCUT2D eigenvalue weighted by Crippen LogP contribution is -1.99. The smallest absolute Gasteiger partial charge is 0.336 e. The van der Waals surface area contributed by atoms with Gasteiger partial charge < -0.3 is 5.11 Å². The summed E-state index contributed by atoms with van der Waals surface area (Å²) in [6.45, 7) is 0. The molecule has 2 aromatic heterocycles. The summed E-state index contributed by atoms with van der Waals surface area (Å²) in [4.78, 5) is 12.2. The Morgan fingerprint density at radius 3 is 2.87 bits per heavy atom. The monoisotopic (exact) mass is 238 g/mol. The molecule has 0 atom stereocenters. The van der Waals surface area contributed by atoms with Crippen LogP contribution in [0.4, 0.5) is 0 Å². The van der Waals surface area contributed by atoms with Gasteiger partial charge in [0, 0.05) is 10.3 Å². The van der Waals surface area contributed by atoms with E-state index >= 15 is 0 Å². The Bertz CT molecular complexity index is 443. The van der Waals surface area contributed by atoms with Crippen molar-refractivity contribution in [3.05, 3.63) is 44.3 Å². The first kappa shape index (κ1) is 10.4. The van der Waals surface area contributed by atoms with Crippen molar-refractivity contribution in [2.45, 2.75) is 12.8 Å². The topological polar surface area (TPSA) is 37.3 Å². The van der Waals surface area contributed by atoms with E-state index in [1.807, 2.05) is 16.8 Å². The Morgan fingerprint density at radius 2 is 2.20 bits per heavy atom. The number of aromatic carboxylic acids is 1. The first-order chi connectivity index (χ1) is 7.27. The van der Waals surface area contributed by atoms with Gasteiger partial charge in [0.25, 0.3) is 0 Å². The summed E-state index contributed by atoms with van der Waals surface area (Å²) >= 11 is 3.17. The number of hydrogen-bond donors (Lipinski definition) is 1. The molecule has 0 saturated heterocycles. The van der Waals surface area contributed by atoms with Gasteiger partial charge in [-0.2, -0.15) is 11.3 Å². The van der Waals surface area contributed by atoms with Crippen LogP contribution in [0.3, 0.4) is 0 Å². The summed E-state index contributed by atoms with van der Waals surface area (Å²) < 4.78 is 0. The minimum atomic E-state index is -0.822. The fourth-order valence-corrected chi connectivity index (χ4v) is 2.99. The van der Waals surface area contributed by atoms with E-state index in [-0.39, 0.29) is 0 Å². The number of carboxylic acid groups (broad SMARTS) is 1. The van der Waals surface area contributed by atoms with E-state index in [1.54, 1.807) is 16.7 Å². The van der Waals surface area contributed by atoms with Gasteiger partial charge >= 0.3 is 5.97 Å². The average molecular weight is 238 g/mol. The summed E-state index contributed by atoms with van der Waals surface area (Å²) in [5.74, 6) is -0.822. The number of carbonyl (C=O) groups is 1. The predicted octanol–water partition coefficient (Wildman–Crippen LogP) is 3.29. The number of aryl methyl sites for hydroxylation is 2. The van der Waals surface area contributed by atoms with Gasteiger partial charge in [-0.25, -0.2) is 4.79 Å². The Morgan fingerprint density at radius 1 is 1.33 bits per heavy atom. The van der Waals surface area contributed by atoms with E-state index < -0.39 is 5.97 Å². The second-order valence-electron chi connectivity index (χ2n) is 3.20. The highest BCUT2D eigenvalue weighted by atomic mass is 32.1. The van der Waals surface area contributed by atoms with E-state index in [1.165, 1.54) is 16.2 Å². The van der Waals surface area contributed by atoms with Crippen molar-refractivity contribution in [1.82, 2.24) is 0 Å². The van der Waals surface area contributed by atoms with Gasteiger partial charge in [-0.15, -0.1) is 11.3 Å². The van der Waals surface area contributed by atoms with Crippen LogP contribution in [0.25, 0.3) is 0 Å². The van der Waals surface area contributed by atoms with Crippen LogP contribution in [0.5, 0.6) is 0 Å². The molecule has 0 unspecified atom stereocenters. The Labute approximate surface area is 95.8 Å². The van der Waals surface area contributed by atoms with E-state index in [2.05, 4.69) is 6.07 Å². The van der Waals surface area contributed by atoms with Crippen molar-refractivity contribution in [3.8, 4) is 0 Å². The number of rotatable bonds is 4. The van der Waals surface area contributed by atoms with Gasteiger partial charge in [0.2, 0.25) is 0 Å². The lowest BCUT2D eigenvalue weighted by molar-refractivity contribution is 0.0696. The third-order valence-electron chi connectivity index (χ3n) is 2.19. The second kappa shape index (κ2) is 4.59. The summed E-state index contributed by atoms with van der Waals surface area (Å²) in [5, 5.41) is 14.6. The van der Waals surface area contributed by atoms with Gasteiger partial charge in [-0.05, 0) is 35.2 Å². The molecule has 2 nitrogen and oxygen atoms in total. The van der Waals surface area contributed by atoms with Crippen LogP contribution >= 0.6 is 22.7 Å². The Kier molecular flexibility index (Phi) is 3.18. The van der Waals surface area contributed by atoms with E-state index in [9.17, 15) is 4.79 Å². The standard InChI is InChI=1S/C11H10O2S2/c12-11(13)10-7-14-6-8(10)3-4-9-2-1-5-15-9/h1-2,5-7H,3-4H2,(H,12,13). The van der Waals surface area contributed by atoms with Crippen molar-refractivity contribution in [3.63, 3.8) is 0 Å². The molecule has 0 aliphatic carbocycles. The highest BCUT2D eigenvalue weighted by molar-refractivity contribution is 7.10. The number of hydrogen-bond acceptors (Lipinski definition) is 3. The fourth-order valence-electron chi connectivity index (χ4n) is 1.42. The summed E-state index contributed by atoms with van der Waals surface area (Å²) in [5.41, 5.74) is 1.40. The van der Waals surface area contributed by atoms with E-state index in [0.29, 0.717) is 5.56 Å². The lowest BCUT2D eigenvalue weighted by Gasteiger charge is -1.98. The van der Waals surface area contributed by atoms with Crippen molar-refractivity contribution in [2.24, 2.45) is 0 Å². The SMILES string of the molecule is O=C(O)c1cscc1CCc1cccs1. The second-order valence-corrected chi connectivity index (χ2v) is 4.97. The molecule has 78 valence electrons. The molecule has 2 rings (SSSR count). The van der Waals surface area contributed by atoms with Gasteiger partial charge in [0.15, 0.2) is 0 Å². The zero-order chi connectivity index (χ0) is 10.7. The zero-order valence-electron chi connectivity index (χ0n) is 7.97. The molecule has 15 heavy (non-hydrogen) atoms. The van der Waals surface area contributed by atoms with Crippen molar-refractivity contribution in [2.75, 3.05) is 0 Å². The molecule has 2 heterocycles. The molecule has 0 aromatic carbocycles. The lowest BCUT2D eigenvalue weighted by atomic mass is 10.1. The molecule has 0 bridgehead atoms. The zero-order valence-corrected chi connectivity index (χ0v) is 9.61. The van der Waals surface area contributed by atoms with E-state index in [0.717, 1.165) is 18.4 Å². The molecule has 4 heteroatoms. The van der Waals surface area contributed by atoms with Crippen molar-refractivity contribution >= 4 is 28.6 Å². The fraction of sp³-hybridized carbons (Fsp3) is 0.182. The third kappa shape index (κ3) is 2.46. The molecule has 0 aliphatic heterocycles. The molecule has 0 aliphatic rings. The van der Waals surface area contributed by atoms with Crippen LogP contribution in [0.1, 0.15) is 20.8 Å². The van der Waals surface area contributed by atoms with Crippen LogP contribution in [-0.2, 0) is 12.8 Å². The van der Waals surface area contributed by atoms with Crippen LogP contribution < -0.4 is 0 Å². The van der Waals surface area contributed by atoms with Gasteiger partial charge in [-0.3, -0.25) is 0 Å². The maximum Gasteiger partial charge on any atom is 0.336 e.